The molecule has 0 spiro atoms. The molecule has 2 aromatic carbocycles. The van der Waals surface area contributed by atoms with E-state index in [0.29, 0.717) is 44.7 Å². The number of hydrogen-bond donors (Lipinski definition) is 1. The Hall–Kier alpha value is -4.01. The number of nitrogens with one attached hydrogen (secondary N) is 1. The fourth-order valence-corrected chi connectivity index (χ4v) is 4.03. The van der Waals surface area contributed by atoms with Crippen LogP contribution in [0.4, 0.5) is 4.39 Å². The van der Waals surface area contributed by atoms with Crippen LogP contribution in [0.5, 0.6) is 0 Å². The van der Waals surface area contributed by atoms with Crippen LogP contribution in [0, 0.1) is 5.82 Å². The first-order valence-electron chi connectivity index (χ1n) is 11.6. The fourth-order valence-electron chi connectivity index (χ4n) is 4.03. The second kappa shape index (κ2) is 10.9. The number of carbonyl (C=O) groups excluding carboxylic acids is 3. The van der Waals surface area contributed by atoms with E-state index in [2.05, 4.69) is 10.4 Å². The maximum atomic E-state index is 13.2. The monoisotopic (exact) mass is 477 g/mol. The highest BCUT2D eigenvalue weighted by atomic mass is 19.1. The Kier molecular flexibility index (Phi) is 7.54. The number of fused-ring (bicyclic) bond motifs is 1. The lowest BCUT2D eigenvalue weighted by molar-refractivity contribution is -0.121. The predicted octanol–water partition coefficient (Wildman–Crippen LogP) is 2.50. The Morgan fingerprint density at radius 3 is 2.54 bits per heavy atom. The summed E-state index contributed by atoms with van der Waals surface area (Å²) in [5.41, 5.74) is 2.39. The van der Waals surface area contributed by atoms with E-state index in [0.717, 1.165) is 11.1 Å². The highest BCUT2D eigenvalue weighted by molar-refractivity contribution is 5.99. The van der Waals surface area contributed by atoms with Crippen molar-refractivity contribution in [3.8, 4) is 0 Å². The van der Waals surface area contributed by atoms with Crippen molar-refractivity contribution in [2.24, 2.45) is 0 Å². The Labute approximate surface area is 203 Å². The lowest BCUT2D eigenvalue weighted by atomic mass is 10.1. The molecule has 4 rings (SSSR count). The Morgan fingerprint density at radius 1 is 1.06 bits per heavy atom. The topological polar surface area (TPSA) is 87.5 Å². The van der Waals surface area contributed by atoms with Crippen LogP contribution < -0.4 is 5.32 Å². The van der Waals surface area contributed by atoms with Gasteiger partial charge in [-0.25, -0.2) is 4.39 Å². The van der Waals surface area contributed by atoms with Crippen LogP contribution in [0.15, 0.2) is 60.7 Å². The molecule has 0 saturated carbocycles. The van der Waals surface area contributed by atoms with Gasteiger partial charge in [0.05, 0.1) is 6.54 Å². The van der Waals surface area contributed by atoms with Gasteiger partial charge in [0.25, 0.3) is 11.8 Å². The zero-order valence-electron chi connectivity index (χ0n) is 19.6. The third kappa shape index (κ3) is 6.11. The third-order valence-corrected chi connectivity index (χ3v) is 5.90. The van der Waals surface area contributed by atoms with Gasteiger partial charge in [0, 0.05) is 39.3 Å². The van der Waals surface area contributed by atoms with Crippen molar-refractivity contribution in [2.75, 3.05) is 26.7 Å². The van der Waals surface area contributed by atoms with E-state index in [1.807, 2.05) is 30.3 Å². The maximum Gasteiger partial charge on any atom is 0.274 e. The molecule has 0 atom stereocenters. The molecular formula is C26H28FN5O3. The predicted molar refractivity (Wildman–Crippen MR) is 128 cm³/mol. The van der Waals surface area contributed by atoms with E-state index in [4.69, 9.17) is 0 Å². The van der Waals surface area contributed by atoms with Crippen LogP contribution in [0.25, 0.3) is 0 Å². The molecular weight excluding hydrogens is 449 g/mol. The van der Waals surface area contributed by atoms with E-state index in [1.165, 1.54) is 30.1 Å². The Morgan fingerprint density at radius 2 is 1.80 bits per heavy atom. The zero-order chi connectivity index (χ0) is 24.8. The first kappa shape index (κ1) is 24.1. The number of carbonyl (C=O) groups is 3. The average molecular weight is 478 g/mol. The number of halogens is 1. The van der Waals surface area contributed by atoms with Crippen molar-refractivity contribution in [3.63, 3.8) is 0 Å². The van der Waals surface area contributed by atoms with Crippen LogP contribution in [0.2, 0.25) is 0 Å². The van der Waals surface area contributed by atoms with Gasteiger partial charge in [-0.1, -0.05) is 42.5 Å². The van der Waals surface area contributed by atoms with E-state index in [-0.39, 0.29) is 29.9 Å². The number of aromatic nitrogens is 2. The molecule has 0 saturated heterocycles. The van der Waals surface area contributed by atoms with Gasteiger partial charge in [0.15, 0.2) is 5.69 Å². The van der Waals surface area contributed by atoms with Gasteiger partial charge in [0.1, 0.15) is 11.5 Å². The first-order chi connectivity index (χ1) is 16.9. The van der Waals surface area contributed by atoms with Crippen molar-refractivity contribution in [3.05, 3.63) is 89.0 Å². The average Bonchev–Trinajstić information content (AvgIpc) is 3.22. The quantitative estimate of drug-likeness (QED) is 0.540. The summed E-state index contributed by atoms with van der Waals surface area (Å²) < 4.78 is 14.8. The SMILES string of the molecule is CN(CC(=O)NCCc1ccccc1)C(=O)c1cc2n(n1)CCCN(Cc1ccc(F)cc1)C2=O. The van der Waals surface area contributed by atoms with Gasteiger partial charge in [-0.2, -0.15) is 5.10 Å². The number of amides is 3. The molecule has 0 radical (unpaired) electrons. The van der Waals surface area contributed by atoms with E-state index in [9.17, 15) is 18.8 Å². The summed E-state index contributed by atoms with van der Waals surface area (Å²) in [4.78, 5) is 41.3. The molecule has 35 heavy (non-hydrogen) atoms. The number of aryl methyl sites for hydroxylation is 1. The number of rotatable bonds is 8. The molecule has 1 aliphatic heterocycles. The Balaban J connectivity index is 1.35. The number of likely N-dealkylation sites (N-methyl/N-ethyl adjacent to an activating group) is 1. The van der Waals surface area contributed by atoms with Crippen molar-refractivity contribution in [1.29, 1.82) is 0 Å². The molecule has 3 aromatic rings. The summed E-state index contributed by atoms with van der Waals surface area (Å²) in [6.45, 7) is 1.74. The minimum absolute atomic E-state index is 0.111. The molecule has 0 fully saturated rings. The van der Waals surface area contributed by atoms with Gasteiger partial charge >= 0.3 is 0 Å². The largest absolute Gasteiger partial charge is 0.354 e. The van der Waals surface area contributed by atoms with Gasteiger partial charge < -0.3 is 15.1 Å². The molecule has 1 N–H and O–H groups in total. The second-order valence-corrected chi connectivity index (χ2v) is 8.59. The van der Waals surface area contributed by atoms with Crippen LogP contribution in [0.1, 0.15) is 38.5 Å². The van der Waals surface area contributed by atoms with E-state index >= 15 is 0 Å². The summed E-state index contributed by atoms with van der Waals surface area (Å²) in [6, 6.07) is 17.3. The molecule has 182 valence electrons. The maximum absolute atomic E-state index is 13.2. The standard InChI is InChI=1S/C26H28FN5O3/c1-30(18-24(33)28-13-12-19-6-3-2-4-7-19)25(34)22-16-23-26(35)31(14-5-15-32(23)29-22)17-20-8-10-21(27)11-9-20/h2-4,6-11,16H,5,12-15,17-18H2,1H3,(H,28,33). The van der Waals surface area contributed by atoms with Crippen molar-refractivity contribution in [2.45, 2.75) is 25.9 Å². The zero-order valence-corrected chi connectivity index (χ0v) is 19.6. The first-order valence-corrected chi connectivity index (χ1v) is 11.6. The molecule has 8 nitrogen and oxygen atoms in total. The normalized spacial score (nSPS) is 13.2. The summed E-state index contributed by atoms with van der Waals surface area (Å²) in [6.07, 6.45) is 1.38. The molecule has 0 unspecified atom stereocenters. The summed E-state index contributed by atoms with van der Waals surface area (Å²) in [5, 5.41) is 7.16. The highest BCUT2D eigenvalue weighted by Gasteiger charge is 2.27. The van der Waals surface area contributed by atoms with Crippen LogP contribution in [0.3, 0.4) is 0 Å². The minimum Gasteiger partial charge on any atom is -0.354 e. The molecule has 0 bridgehead atoms. The molecule has 3 amide bonds. The van der Waals surface area contributed by atoms with Gasteiger partial charge in [-0.15, -0.1) is 0 Å². The second-order valence-electron chi connectivity index (χ2n) is 8.59. The highest BCUT2D eigenvalue weighted by Crippen LogP contribution is 2.17. The van der Waals surface area contributed by atoms with Gasteiger partial charge in [-0.3, -0.25) is 19.1 Å². The smallest absolute Gasteiger partial charge is 0.274 e. The fraction of sp³-hybridized carbons (Fsp3) is 0.308. The molecule has 0 aliphatic carbocycles. The van der Waals surface area contributed by atoms with Crippen molar-refractivity contribution >= 4 is 17.7 Å². The van der Waals surface area contributed by atoms with E-state index < -0.39 is 5.91 Å². The van der Waals surface area contributed by atoms with Crippen molar-refractivity contribution < 1.29 is 18.8 Å². The number of benzene rings is 2. The van der Waals surface area contributed by atoms with Crippen molar-refractivity contribution in [1.82, 2.24) is 24.9 Å². The molecule has 1 aliphatic rings. The minimum atomic E-state index is -0.429. The van der Waals surface area contributed by atoms with E-state index in [1.54, 1.807) is 21.7 Å². The molecule has 2 heterocycles. The summed E-state index contributed by atoms with van der Waals surface area (Å²) in [5.74, 6) is -1.26. The van der Waals surface area contributed by atoms with Gasteiger partial charge in [-0.05, 0) is 36.1 Å². The summed E-state index contributed by atoms with van der Waals surface area (Å²) >= 11 is 0. The lowest BCUT2D eigenvalue weighted by Crippen LogP contribution is -2.39. The lowest BCUT2D eigenvalue weighted by Gasteiger charge is -2.20. The summed E-state index contributed by atoms with van der Waals surface area (Å²) in [7, 11) is 1.53. The van der Waals surface area contributed by atoms with Gasteiger partial charge in [0.2, 0.25) is 5.91 Å². The van der Waals surface area contributed by atoms with Crippen LogP contribution in [-0.4, -0.2) is 64.0 Å². The number of nitrogens with zero attached hydrogens (tertiary/aromatic N) is 4. The number of hydrogen-bond acceptors (Lipinski definition) is 4. The Bertz CT molecular complexity index is 1190. The van der Waals surface area contributed by atoms with Crippen LogP contribution in [-0.2, 0) is 24.3 Å². The molecule has 1 aromatic heterocycles. The molecule has 9 heteroatoms. The third-order valence-electron chi connectivity index (χ3n) is 5.90. The van der Waals surface area contributed by atoms with Crippen LogP contribution >= 0.6 is 0 Å².